The summed E-state index contributed by atoms with van der Waals surface area (Å²) < 4.78 is 1.02. The number of nitrogen functional groups attached to an aromatic ring is 1. The average molecular weight is 270 g/mol. The van der Waals surface area contributed by atoms with E-state index in [2.05, 4.69) is 33.2 Å². The maximum atomic E-state index is 5.93. The standard InChI is InChI=1S/C11H16BrN3/c1-15-5-4-9(7-15)14-11-3-2-8(12)6-10(11)13/h2-3,6,9,14H,4-5,7,13H2,1H3/t9-/m1/s1. The first kappa shape index (κ1) is 10.8. The van der Waals surface area contributed by atoms with Gasteiger partial charge < -0.3 is 16.0 Å². The Labute approximate surface area is 98.8 Å². The number of halogens is 1. The lowest BCUT2D eigenvalue weighted by Gasteiger charge is -2.16. The Balaban J connectivity index is 2.04. The topological polar surface area (TPSA) is 41.3 Å². The van der Waals surface area contributed by atoms with Crippen molar-refractivity contribution in [3.05, 3.63) is 22.7 Å². The van der Waals surface area contributed by atoms with Gasteiger partial charge in [0.1, 0.15) is 0 Å². The second-order valence-electron chi connectivity index (χ2n) is 4.12. The summed E-state index contributed by atoms with van der Waals surface area (Å²) in [6, 6.07) is 6.49. The second kappa shape index (κ2) is 4.41. The van der Waals surface area contributed by atoms with Crippen LogP contribution in [-0.4, -0.2) is 31.1 Å². The quantitative estimate of drug-likeness (QED) is 0.809. The van der Waals surface area contributed by atoms with E-state index in [0.29, 0.717) is 6.04 Å². The van der Waals surface area contributed by atoms with Crippen molar-refractivity contribution in [3.8, 4) is 0 Å². The molecule has 0 bridgehead atoms. The molecule has 1 aromatic rings. The number of nitrogens with one attached hydrogen (secondary N) is 1. The monoisotopic (exact) mass is 269 g/mol. The third kappa shape index (κ3) is 2.63. The molecule has 2 rings (SSSR count). The average Bonchev–Trinajstić information content (AvgIpc) is 2.56. The minimum atomic E-state index is 0.526. The molecule has 1 fully saturated rings. The van der Waals surface area contributed by atoms with Crippen LogP contribution >= 0.6 is 15.9 Å². The zero-order chi connectivity index (χ0) is 10.8. The molecular formula is C11H16BrN3. The Hall–Kier alpha value is -0.740. The predicted molar refractivity (Wildman–Crippen MR) is 68.1 cm³/mol. The Bertz CT molecular complexity index is 354. The number of likely N-dealkylation sites (tertiary alicyclic amines) is 1. The van der Waals surface area contributed by atoms with E-state index >= 15 is 0 Å². The normalized spacial score (nSPS) is 21.9. The molecule has 0 unspecified atom stereocenters. The summed E-state index contributed by atoms with van der Waals surface area (Å²) >= 11 is 3.40. The van der Waals surface area contributed by atoms with E-state index in [1.807, 2.05) is 18.2 Å². The van der Waals surface area contributed by atoms with Gasteiger partial charge in [0.05, 0.1) is 11.4 Å². The highest BCUT2D eigenvalue weighted by Gasteiger charge is 2.19. The number of rotatable bonds is 2. The molecule has 82 valence electrons. The summed E-state index contributed by atoms with van der Waals surface area (Å²) in [5, 5.41) is 3.48. The van der Waals surface area contributed by atoms with Crippen LogP contribution in [0.2, 0.25) is 0 Å². The third-order valence-corrected chi connectivity index (χ3v) is 3.26. The SMILES string of the molecule is CN1CC[C@@H](Nc2ccc(Br)cc2N)C1. The van der Waals surface area contributed by atoms with Gasteiger partial charge in [-0.05, 0) is 38.2 Å². The Morgan fingerprint density at radius 1 is 1.53 bits per heavy atom. The molecule has 0 aromatic heterocycles. The van der Waals surface area contributed by atoms with E-state index in [1.54, 1.807) is 0 Å². The Morgan fingerprint density at radius 2 is 2.33 bits per heavy atom. The highest BCUT2D eigenvalue weighted by atomic mass is 79.9. The zero-order valence-corrected chi connectivity index (χ0v) is 10.4. The van der Waals surface area contributed by atoms with Crippen LogP contribution in [0.1, 0.15) is 6.42 Å². The van der Waals surface area contributed by atoms with Gasteiger partial charge in [-0.3, -0.25) is 0 Å². The van der Waals surface area contributed by atoms with Crippen molar-refractivity contribution in [1.29, 1.82) is 0 Å². The molecule has 0 aliphatic carbocycles. The molecule has 1 aromatic carbocycles. The van der Waals surface area contributed by atoms with Crippen LogP contribution in [0, 0.1) is 0 Å². The smallest absolute Gasteiger partial charge is 0.0577 e. The van der Waals surface area contributed by atoms with Gasteiger partial charge in [-0.15, -0.1) is 0 Å². The van der Waals surface area contributed by atoms with Gasteiger partial charge in [0, 0.05) is 17.1 Å². The van der Waals surface area contributed by atoms with Gasteiger partial charge in [-0.2, -0.15) is 0 Å². The largest absolute Gasteiger partial charge is 0.397 e. The van der Waals surface area contributed by atoms with E-state index in [-0.39, 0.29) is 0 Å². The fourth-order valence-corrected chi connectivity index (χ4v) is 2.32. The lowest BCUT2D eigenvalue weighted by atomic mass is 10.2. The lowest BCUT2D eigenvalue weighted by molar-refractivity contribution is 0.414. The molecule has 0 spiro atoms. The van der Waals surface area contributed by atoms with Gasteiger partial charge in [0.25, 0.3) is 0 Å². The van der Waals surface area contributed by atoms with Crippen molar-refractivity contribution < 1.29 is 0 Å². The molecule has 1 heterocycles. The summed E-state index contributed by atoms with van der Waals surface area (Å²) in [4.78, 5) is 2.33. The van der Waals surface area contributed by atoms with Gasteiger partial charge in [-0.25, -0.2) is 0 Å². The number of likely N-dealkylation sites (N-methyl/N-ethyl adjacent to an activating group) is 1. The van der Waals surface area contributed by atoms with E-state index < -0.39 is 0 Å². The lowest BCUT2D eigenvalue weighted by Crippen LogP contribution is -2.23. The van der Waals surface area contributed by atoms with Gasteiger partial charge in [0.15, 0.2) is 0 Å². The van der Waals surface area contributed by atoms with Gasteiger partial charge in [0.2, 0.25) is 0 Å². The highest BCUT2D eigenvalue weighted by Crippen LogP contribution is 2.25. The van der Waals surface area contributed by atoms with Gasteiger partial charge >= 0.3 is 0 Å². The van der Waals surface area contributed by atoms with E-state index in [9.17, 15) is 0 Å². The van der Waals surface area contributed by atoms with E-state index in [4.69, 9.17) is 5.73 Å². The Morgan fingerprint density at radius 3 is 2.93 bits per heavy atom. The summed E-state index contributed by atoms with van der Waals surface area (Å²) in [5.74, 6) is 0. The molecular weight excluding hydrogens is 254 g/mol. The van der Waals surface area contributed by atoms with Crippen molar-refractivity contribution >= 4 is 27.3 Å². The van der Waals surface area contributed by atoms with E-state index in [1.165, 1.54) is 6.42 Å². The molecule has 0 amide bonds. The molecule has 1 saturated heterocycles. The number of nitrogens with zero attached hydrogens (tertiary/aromatic N) is 1. The maximum Gasteiger partial charge on any atom is 0.0577 e. The first-order valence-electron chi connectivity index (χ1n) is 5.15. The molecule has 3 N–H and O–H groups in total. The predicted octanol–water partition coefficient (Wildman–Crippen LogP) is 2.15. The van der Waals surface area contributed by atoms with Crippen LogP contribution in [0.5, 0.6) is 0 Å². The van der Waals surface area contributed by atoms with Gasteiger partial charge in [-0.1, -0.05) is 15.9 Å². The van der Waals surface area contributed by atoms with Crippen molar-refractivity contribution in [2.45, 2.75) is 12.5 Å². The Kier molecular flexibility index (Phi) is 3.17. The molecule has 4 heteroatoms. The van der Waals surface area contributed by atoms with Crippen molar-refractivity contribution in [3.63, 3.8) is 0 Å². The van der Waals surface area contributed by atoms with E-state index in [0.717, 1.165) is 28.9 Å². The third-order valence-electron chi connectivity index (χ3n) is 2.76. The first-order chi connectivity index (χ1) is 7.15. The van der Waals surface area contributed by atoms with Crippen LogP contribution in [0.4, 0.5) is 11.4 Å². The maximum absolute atomic E-state index is 5.93. The van der Waals surface area contributed by atoms with Crippen LogP contribution in [0.25, 0.3) is 0 Å². The zero-order valence-electron chi connectivity index (χ0n) is 8.83. The number of hydrogen-bond donors (Lipinski definition) is 2. The molecule has 0 radical (unpaired) electrons. The fraction of sp³-hybridized carbons (Fsp3) is 0.455. The van der Waals surface area contributed by atoms with Crippen molar-refractivity contribution in [2.75, 3.05) is 31.2 Å². The van der Waals surface area contributed by atoms with Crippen molar-refractivity contribution in [1.82, 2.24) is 4.90 Å². The molecule has 0 saturated carbocycles. The number of anilines is 2. The van der Waals surface area contributed by atoms with Crippen LogP contribution in [0.3, 0.4) is 0 Å². The van der Waals surface area contributed by atoms with Crippen LogP contribution in [0.15, 0.2) is 22.7 Å². The van der Waals surface area contributed by atoms with Crippen LogP contribution in [-0.2, 0) is 0 Å². The minimum Gasteiger partial charge on any atom is -0.397 e. The summed E-state index contributed by atoms with van der Waals surface area (Å²) in [6.07, 6.45) is 1.19. The highest BCUT2D eigenvalue weighted by molar-refractivity contribution is 9.10. The molecule has 1 aliphatic heterocycles. The minimum absolute atomic E-state index is 0.526. The van der Waals surface area contributed by atoms with Crippen molar-refractivity contribution in [2.24, 2.45) is 0 Å². The van der Waals surface area contributed by atoms with Crippen LogP contribution < -0.4 is 11.1 Å². The molecule has 3 nitrogen and oxygen atoms in total. The number of hydrogen-bond acceptors (Lipinski definition) is 3. The summed E-state index contributed by atoms with van der Waals surface area (Å²) in [6.45, 7) is 2.25. The summed E-state index contributed by atoms with van der Waals surface area (Å²) in [7, 11) is 2.15. The first-order valence-corrected chi connectivity index (χ1v) is 5.94. The summed E-state index contributed by atoms with van der Waals surface area (Å²) in [5.41, 5.74) is 7.77. The number of nitrogens with two attached hydrogens (primary N) is 1. The second-order valence-corrected chi connectivity index (χ2v) is 5.04. The molecule has 1 aliphatic rings. The molecule has 1 atom stereocenters. The molecule has 15 heavy (non-hydrogen) atoms. The fourth-order valence-electron chi connectivity index (χ4n) is 1.94. The number of benzene rings is 1.